The van der Waals surface area contributed by atoms with Gasteiger partial charge in [0, 0.05) is 18.1 Å². The topological polar surface area (TPSA) is 36.1 Å². The number of likely N-dealkylation sites (N-methyl/N-ethyl adjacent to an activating group) is 2. The summed E-state index contributed by atoms with van der Waals surface area (Å²) in [7, 11) is 6.03. The summed E-state index contributed by atoms with van der Waals surface area (Å²) >= 11 is 0. The lowest BCUT2D eigenvalue weighted by Crippen LogP contribution is -2.45. The molecule has 4 atom stereocenters. The molecule has 0 aromatic carbocycles. The zero-order valence-electron chi connectivity index (χ0n) is 11.6. The molecule has 0 aliphatic rings. The molecule has 0 fully saturated rings. The molecule has 3 nitrogen and oxygen atoms in total. The van der Waals surface area contributed by atoms with Gasteiger partial charge in [-0.1, -0.05) is 13.3 Å². The third-order valence-electron chi connectivity index (χ3n) is 3.57. The van der Waals surface area contributed by atoms with E-state index in [2.05, 4.69) is 36.7 Å². The van der Waals surface area contributed by atoms with E-state index in [0.717, 1.165) is 5.92 Å². The van der Waals surface area contributed by atoms with Gasteiger partial charge >= 0.3 is 0 Å². The summed E-state index contributed by atoms with van der Waals surface area (Å²) in [5, 5.41) is 9.90. The fourth-order valence-corrected chi connectivity index (χ4v) is 2.09. The van der Waals surface area contributed by atoms with Crippen molar-refractivity contribution < 1.29 is 0 Å². The largest absolute Gasteiger partial charge is 0.317 e. The summed E-state index contributed by atoms with van der Waals surface area (Å²) in [5.74, 6) is 0.762. The SMILES string of the molecule is [CH2]C(NC)C(CC(CC)CC(C)NC)NC. The van der Waals surface area contributed by atoms with E-state index in [4.69, 9.17) is 0 Å². The molecule has 0 aliphatic carbocycles. The standard InChI is InChI=1S/C13H30N3/c1-7-12(8-10(2)14-4)9-13(16-6)11(3)15-5/h10-16H,3,7-9H2,1-2,4-6H3. The third kappa shape index (κ3) is 5.83. The maximum atomic E-state index is 4.13. The van der Waals surface area contributed by atoms with Crippen LogP contribution >= 0.6 is 0 Å². The lowest BCUT2D eigenvalue weighted by Gasteiger charge is -2.28. The van der Waals surface area contributed by atoms with Crippen LogP contribution in [0.15, 0.2) is 0 Å². The van der Waals surface area contributed by atoms with Crippen molar-refractivity contribution in [2.45, 2.75) is 51.2 Å². The van der Waals surface area contributed by atoms with Crippen molar-refractivity contribution in [3.63, 3.8) is 0 Å². The molecular formula is C13H30N3. The van der Waals surface area contributed by atoms with Crippen molar-refractivity contribution in [3.8, 4) is 0 Å². The molecule has 0 rings (SSSR count). The van der Waals surface area contributed by atoms with Crippen LogP contribution in [-0.2, 0) is 0 Å². The molecule has 0 aromatic heterocycles. The molecule has 0 heterocycles. The van der Waals surface area contributed by atoms with Crippen LogP contribution in [0.25, 0.3) is 0 Å². The molecule has 97 valence electrons. The van der Waals surface area contributed by atoms with Gasteiger partial charge in [0.1, 0.15) is 0 Å². The van der Waals surface area contributed by atoms with Crippen molar-refractivity contribution in [2.24, 2.45) is 5.92 Å². The van der Waals surface area contributed by atoms with Gasteiger partial charge in [-0.15, -0.1) is 0 Å². The van der Waals surface area contributed by atoms with Gasteiger partial charge in [0.05, 0.1) is 0 Å². The highest BCUT2D eigenvalue weighted by Gasteiger charge is 2.19. The first-order chi connectivity index (χ1) is 7.58. The van der Waals surface area contributed by atoms with Crippen molar-refractivity contribution in [1.82, 2.24) is 16.0 Å². The van der Waals surface area contributed by atoms with E-state index in [0.29, 0.717) is 12.1 Å². The smallest absolute Gasteiger partial charge is 0.0220 e. The Morgan fingerprint density at radius 2 is 1.62 bits per heavy atom. The van der Waals surface area contributed by atoms with Crippen LogP contribution in [0.1, 0.15) is 33.1 Å². The maximum absolute atomic E-state index is 4.13. The minimum atomic E-state index is 0.281. The van der Waals surface area contributed by atoms with E-state index < -0.39 is 0 Å². The first-order valence-corrected chi connectivity index (χ1v) is 6.43. The highest BCUT2D eigenvalue weighted by molar-refractivity contribution is 4.84. The first kappa shape index (κ1) is 15.9. The molecule has 4 unspecified atom stereocenters. The second kappa shape index (κ2) is 8.97. The highest BCUT2D eigenvalue weighted by atomic mass is 15.0. The van der Waals surface area contributed by atoms with Gasteiger partial charge in [-0.3, -0.25) is 0 Å². The van der Waals surface area contributed by atoms with Crippen LogP contribution in [0.2, 0.25) is 0 Å². The van der Waals surface area contributed by atoms with E-state index in [-0.39, 0.29) is 6.04 Å². The average molecular weight is 228 g/mol. The van der Waals surface area contributed by atoms with Crippen LogP contribution in [0.4, 0.5) is 0 Å². The summed E-state index contributed by atoms with van der Waals surface area (Å²) in [4.78, 5) is 0. The molecule has 1 radical (unpaired) electrons. The van der Waals surface area contributed by atoms with Crippen molar-refractivity contribution >= 4 is 0 Å². The van der Waals surface area contributed by atoms with Gasteiger partial charge in [-0.05, 0) is 53.8 Å². The lowest BCUT2D eigenvalue weighted by atomic mass is 9.89. The Hall–Kier alpha value is -0.120. The second-order valence-electron chi connectivity index (χ2n) is 4.73. The fourth-order valence-electron chi connectivity index (χ4n) is 2.09. The molecule has 0 saturated heterocycles. The minimum Gasteiger partial charge on any atom is -0.317 e. The zero-order chi connectivity index (χ0) is 12.6. The predicted octanol–water partition coefficient (Wildman–Crippen LogP) is 1.41. The molecular weight excluding hydrogens is 198 g/mol. The van der Waals surface area contributed by atoms with Gasteiger partial charge in [-0.25, -0.2) is 0 Å². The van der Waals surface area contributed by atoms with Crippen molar-refractivity contribution in [1.29, 1.82) is 0 Å². The van der Waals surface area contributed by atoms with E-state index in [1.807, 2.05) is 21.1 Å². The van der Waals surface area contributed by atoms with Crippen LogP contribution < -0.4 is 16.0 Å². The summed E-state index contributed by atoms with van der Waals surface area (Å²) in [6, 6.07) is 1.34. The summed E-state index contributed by atoms with van der Waals surface area (Å²) in [6.45, 7) is 8.65. The number of hydrogen-bond donors (Lipinski definition) is 3. The summed E-state index contributed by atoms with van der Waals surface area (Å²) in [5.41, 5.74) is 0. The fraction of sp³-hybridized carbons (Fsp3) is 0.923. The Kier molecular flexibility index (Phi) is 8.90. The van der Waals surface area contributed by atoms with E-state index in [1.165, 1.54) is 19.3 Å². The van der Waals surface area contributed by atoms with E-state index in [1.54, 1.807) is 0 Å². The summed E-state index contributed by atoms with van der Waals surface area (Å²) in [6.07, 6.45) is 3.66. The van der Waals surface area contributed by atoms with Crippen LogP contribution in [-0.4, -0.2) is 39.3 Å². The van der Waals surface area contributed by atoms with Crippen LogP contribution in [0, 0.1) is 12.8 Å². The Morgan fingerprint density at radius 3 is 2.00 bits per heavy atom. The van der Waals surface area contributed by atoms with Gasteiger partial charge in [0.15, 0.2) is 0 Å². The minimum absolute atomic E-state index is 0.281. The molecule has 0 aromatic rings. The normalized spacial score (nSPS) is 19.1. The molecule has 0 bridgehead atoms. The van der Waals surface area contributed by atoms with Crippen molar-refractivity contribution in [3.05, 3.63) is 6.92 Å². The number of hydrogen-bond acceptors (Lipinski definition) is 3. The molecule has 0 amide bonds. The first-order valence-electron chi connectivity index (χ1n) is 6.43. The monoisotopic (exact) mass is 228 g/mol. The Bertz CT molecular complexity index is 161. The highest BCUT2D eigenvalue weighted by Crippen LogP contribution is 2.18. The van der Waals surface area contributed by atoms with E-state index in [9.17, 15) is 0 Å². The molecule has 16 heavy (non-hydrogen) atoms. The lowest BCUT2D eigenvalue weighted by molar-refractivity contribution is 0.313. The van der Waals surface area contributed by atoms with Gasteiger partial charge in [-0.2, -0.15) is 0 Å². The van der Waals surface area contributed by atoms with Gasteiger partial charge in [0.2, 0.25) is 0 Å². The Balaban J connectivity index is 4.16. The average Bonchev–Trinajstić information content (AvgIpc) is 2.32. The van der Waals surface area contributed by atoms with Crippen LogP contribution in [0.3, 0.4) is 0 Å². The van der Waals surface area contributed by atoms with E-state index >= 15 is 0 Å². The Labute approximate surface area is 102 Å². The molecule has 0 spiro atoms. The van der Waals surface area contributed by atoms with Crippen molar-refractivity contribution in [2.75, 3.05) is 21.1 Å². The zero-order valence-corrected chi connectivity index (χ0v) is 11.6. The molecule has 0 saturated carbocycles. The summed E-state index contributed by atoms with van der Waals surface area (Å²) < 4.78 is 0. The predicted molar refractivity (Wildman–Crippen MR) is 72.6 cm³/mol. The number of rotatable bonds is 9. The van der Waals surface area contributed by atoms with Crippen LogP contribution in [0.5, 0.6) is 0 Å². The Morgan fingerprint density at radius 1 is 1.00 bits per heavy atom. The quantitative estimate of drug-likeness (QED) is 0.558. The maximum Gasteiger partial charge on any atom is 0.0220 e. The molecule has 3 heteroatoms. The third-order valence-corrected chi connectivity index (χ3v) is 3.57. The molecule has 3 N–H and O–H groups in total. The van der Waals surface area contributed by atoms with Gasteiger partial charge < -0.3 is 16.0 Å². The number of nitrogens with one attached hydrogen (secondary N) is 3. The van der Waals surface area contributed by atoms with Gasteiger partial charge in [0.25, 0.3) is 0 Å². The molecule has 0 aliphatic heterocycles. The second-order valence-corrected chi connectivity index (χ2v) is 4.73.